The minimum Gasteiger partial charge on any atom is -0.313 e. The molecule has 1 nitrogen and oxygen atoms in total. The SMILES string of the molecule is CCC(C)(C)CNC1CCC1. The summed E-state index contributed by atoms with van der Waals surface area (Å²) in [6, 6.07) is 0.848. The van der Waals surface area contributed by atoms with Crippen molar-refractivity contribution in [2.75, 3.05) is 6.54 Å². The van der Waals surface area contributed by atoms with Crippen molar-refractivity contribution in [3.05, 3.63) is 0 Å². The fourth-order valence-corrected chi connectivity index (χ4v) is 1.16. The van der Waals surface area contributed by atoms with Gasteiger partial charge in [-0.05, 0) is 24.7 Å². The van der Waals surface area contributed by atoms with Crippen LogP contribution in [0.5, 0.6) is 0 Å². The lowest BCUT2D eigenvalue weighted by Crippen LogP contribution is -2.40. The van der Waals surface area contributed by atoms with Crippen molar-refractivity contribution in [1.82, 2.24) is 5.32 Å². The van der Waals surface area contributed by atoms with E-state index in [-0.39, 0.29) is 0 Å². The first-order chi connectivity index (χ1) is 5.14. The molecule has 1 rings (SSSR count). The van der Waals surface area contributed by atoms with Gasteiger partial charge < -0.3 is 5.32 Å². The Morgan fingerprint density at radius 1 is 1.36 bits per heavy atom. The Bertz CT molecular complexity index is 114. The van der Waals surface area contributed by atoms with Gasteiger partial charge >= 0.3 is 0 Å². The van der Waals surface area contributed by atoms with Gasteiger partial charge in [0.05, 0.1) is 0 Å². The van der Waals surface area contributed by atoms with Gasteiger partial charge in [-0.3, -0.25) is 0 Å². The highest BCUT2D eigenvalue weighted by molar-refractivity contribution is 4.79. The van der Waals surface area contributed by atoms with Crippen LogP contribution in [-0.4, -0.2) is 12.6 Å². The second-order valence-electron chi connectivity index (χ2n) is 4.53. The summed E-state index contributed by atoms with van der Waals surface area (Å²) in [5.41, 5.74) is 0.496. The Balaban J connectivity index is 2.09. The Morgan fingerprint density at radius 2 is 2.00 bits per heavy atom. The molecular formula is C10H21N. The monoisotopic (exact) mass is 155 g/mol. The average molecular weight is 155 g/mol. The molecule has 1 fully saturated rings. The molecule has 0 radical (unpaired) electrons. The lowest BCUT2D eigenvalue weighted by Gasteiger charge is -2.31. The van der Waals surface area contributed by atoms with E-state index in [9.17, 15) is 0 Å². The molecular weight excluding hydrogens is 134 g/mol. The highest BCUT2D eigenvalue weighted by Crippen LogP contribution is 2.22. The van der Waals surface area contributed by atoms with Gasteiger partial charge in [-0.15, -0.1) is 0 Å². The van der Waals surface area contributed by atoms with E-state index < -0.39 is 0 Å². The van der Waals surface area contributed by atoms with Crippen LogP contribution >= 0.6 is 0 Å². The molecule has 0 aromatic carbocycles. The van der Waals surface area contributed by atoms with Gasteiger partial charge in [0.15, 0.2) is 0 Å². The molecule has 0 spiro atoms. The maximum absolute atomic E-state index is 3.61. The van der Waals surface area contributed by atoms with Crippen LogP contribution in [0.15, 0.2) is 0 Å². The van der Waals surface area contributed by atoms with E-state index in [2.05, 4.69) is 26.1 Å². The zero-order valence-electron chi connectivity index (χ0n) is 8.11. The van der Waals surface area contributed by atoms with Gasteiger partial charge in [-0.1, -0.05) is 27.2 Å². The van der Waals surface area contributed by atoms with Crippen LogP contribution in [-0.2, 0) is 0 Å². The molecule has 0 amide bonds. The Morgan fingerprint density at radius 3 is 2.36 bits per heavy atom. The Labute approximate surface area is 70.6 Å². The quantitative estimate of drug-likeness (QED) is 0.658. The third kappa shape index (κ3) is 2.82. The maximum atomic E-state index is 3.61. The molecule has 0 saturated heterocycles. The second kappa shape index (κ2) is 3.57. The minimum atomic E-state index is 0.496. The first-order valence-corrected chi connectivity index (χ1v) is 4.87. The van der Waals surface area contributed by atoms with Crippen LogP contribution in [0.4, 0.5) is 0 Å². The molecule has 1 aliphatic rings. The summed E-state index contributed by atoms with van der Waals surface area (Å²) in [4.78, 5) is 0. The molecule has 1 N–H and O–H groups in total. The Kier molecular flexibility index (Phi) is 2.94. The van der Waals surface area contributed by atoms with Gasteiger partial charge in [0.1, 0.15) is 0 Å². The van der Waals surface area contributed by atoms with Gasteiger partial charge in [-0.25, -0.2) is 0 Å². The van der Waals surface area contributed by atoms with Crippen LogP contribution in [0, 0.1) is 5.41 Å². The molecule has 1 saturated carbocycles. The molecule has 0 bridgehead atoms. The fourth-order valence-electron chi connectivity index (χ4n) is 1.16. The van der Waals surface area contributed by atoms with E-state index in [1.165, 1.54) is 32.2 Å². The van der Waals surface area contributed by atoms with Crippen LogP contribution in [0.2, 0.25) is 0 Å². The van der Waals surface area contributed by atoms with Crippen molar-refractivity contribution < 1.29 is 0 Å². The summed E-state index contributed by atoms with van der Waals surface area (Å²) in [6.07, 6.45) is 5.51. The summed E-state index contributed by atoms with van der Waals surface area (Å²) < 4.78 is 0. The summed E-state index contributed by atoms with van der Waals surface area (Å²) in [6.45, 7) is 8.12. The summed E-state index contributed by atoms with van der Waals surface area (Å²) >= 11 is 0. The molecule has 0 aromatic rings. The van der Waals surface area contributed by atoms with Gasteiger partial charge in [0.2, 0.25) is 0 Å². The number of hydrogen-bond acceptors (Lipinski definition) is 1. The van der Waals surface area contributed by atoms with E-state index in [0.29, 0.717) is 5.41 Å². The Hall–Kier alpha value is -0.0400. The molecule has 66 valence electrons. The van der Waals surface area contributed by atoms with Crippen molar-refractivity contribution in [2.24, 2.45) is 5.41 Å². The summed E-state index contributed by atoms with van der Waals surface area (Å²) in [7, 11) is 0. The molecule has 0 heterocycles. The van der Waals surface area contributed by atoms with Crippen molar-refractivity contribution in [3.63, 3.8) is 0 Å². The molecule has 0 aliphatic heterocycles. The minimum absolute atomic E-state index is 0.496. The third-order valence-corrected chi connectivity index (χ3v) is 2.93. The highest BCUT2D eigenvalue weighted by atomic mass is 14.9. The third-order valence-electron chi connectivity index (χ3n) is 2.93. The van der Waals surface area contributed by atoms with Crippen molar-refractivity contribution in [3.8, 4) is 0 Å². The van der Waals surface area contributed by atoms with Gasteiger partial charge in [0, 0.05) is 12.6 Å². The summed E-state index contributed by atoms with van der Waals surface area (Å²) in [5.74, 6) is 0. The fraction of sp³-hybridized carbons (Fsp3) is 1.00. The van der Waals surface area contributed by atoms with E-state index in [1.807, 2.05) is 0 Å². The van der Waals surface area contributed by atoms with Crippen LogP contribution in [0.25, 0.3) is 0 Å². The molecule has 11 heavy (non-hydrogen) atoms. The number of nitrogens with one attached hydrogen (secondary N) is 1. The van der Waals surface area contributed by atoms with E-state index in [0.717, 1.165) is 6.04 Å². The topological polar surface area (TPSA) is 12.0 Å². The smallest absolute Gasteiger partial charge is 0.00673 e. The van der Waals surface area contributed by atoms with E-state index >= 15 is 0 Å². The molecule has 0 aromatic heterocycles. The van der Waals surface area contributed by atoms with Crippen molar-refractivity contribution in [2.45, 2.75) is 52.5 Å². The number of rotatable bonds is 4. The van der Waals surface area contributed by atoms with Gasteiger partial charge in [0.25, 0.3) is 0 Å². The highest BCUT2D eigenvalue weighted by Gasteiger charge is 2.20. The zero-order valence-corrected chi connectivity index (χ0v) is 8.11. The van der Waals surface area contributed by atoms with Gasteiger partial charge in [-0.2, -0.15) is 0 Å². The zero-order chi connectivity index (χ0) is 8.32. The van der Waals surface area contributed by atoms with Crippen LogP contribution < -0.4 is 5.32 Å². The molecule has 1 aliphatic carbocycles. The maximum Gasteiger partial charge on any atom is 0.00673 e. The molecule has 0 unspecified atom stereocenters. The average Bonchev–Trinajstić information content (AvgIpc) is 1.84. The molecule has 0 atom stereocenters. The van der Waals surface area contributed by atoms with E-state index in [1.54, 1.807) is 0 Å². The van der Waals surface area contributed by atoms with Crippen LogP contribution in [0.3, 0.4) is 0 Å². The predicted octanol–water partition coefficient (Wildman–Crippen LogP) is 2.56. The standard InChI is InChI=1S/C10H21N/c1-4-10(2,3)8-11-9-6-5-7-9/h9,11H,4-8H2,1-3H3. The largest absolute Gasteiger partial charge is 0.313 e. The predicted molar refractivity (Wildman–Crippen MR) is 49.7 cm³/mol. The number of hydrogen-bond donors (Lipinski definition) is 1. The second-order valence-corrected chi connectivity index (χ2v) is 4.53. The lowest BCUT2D eigenvalue weighted by atomic mass is 9.87. The lowest BCUT2D eigenvalue weighted by molar-refractivity contribution is 0.262. The first kappa shape index (κ1) is 9.05. The van der Waals surface area contributed by atoms with Crippen molar-refractivity contribution >= 4 is 0 Å². The summed E-state index contributed by atoms with van der Waals surface area (Å²) in [5, 5.41) is 3.61. The molecule has 1 heteroatoms. The van der Waals surface area contributed by atoms with Crippen molar-refractivity contribution in [1.29, 1.82) is 0 Å². The first-order valence-electron chi connectivity index (χ1n) is 4.87. The van der Waals surface area contributed by atoms with E-state index in [4.69, 9.17) is 0 Å². The van der Waals surface area contributed by atoms with Crippen LogP contribution in [0.1, 0.15) is 46.5 Å². The normalized spacial score (nSPS) is 19.9.